The van der Waals surface area contributed by atoms with Crippen LogP contribution in [0.25, 0.3) is 0 Å². The minimum absolute atomic E-state index is 0.0863. The van der Waals surface area contributed by atoms with Crippen molar-refractivity contribution in [1.82, 2.24) is 20.3 Å². The van der Waals surface area contributed by atoms with E-state index in [-0.39, 0.29) is 6.61 Å². The molecule has 0 unspecified atom stereocenters. The Morgan fingerprint density at radius 2 is 2.26 bits per heavy atom. The third kappa shape index (κ3) is 6.39. The Kier molecular flexibility index (Phi) is 5.28. The van der Waals surface area contributed by atoms with Gasteiger partial charge in [0.05, 0.1) is 12.7 Å². The topological polar surface area (TPSA) is 95.3 Å². The number of hydrogen-bond acceptors (Lipinski definition) is 6. The predicted octanol–water partition coefficient (Wildman–Crippen LogP) is 0.476. The minimum atomic E-state index is -0.517. The Hall–Kier alpha value is -2.12. The number of amides is 1. The molecule has 0 aliphatic heterocycles. The van der Waals surface area contributed by atoms with E-state index in [0.29, 0.717) is 25.3 Å². The molecule has 0 saturated heterocycles. The van der Waals surface area contributed by atoms with Crippen molar-refractivity contribution in [3.8, 4) is 0 Å². The Balaban J connectivity index is 2.27. The van der Waals surface area contributed by atoms with Crippen LogP contribution in [0.2, 0.25) is 0 Å². The van der Waals surface area contributed by atoms with Crippen molar-refractivity contribution >= 4 is 12.6 Å². The summed E-state index contributed by atoms with van der Waals surface area (Å²) in [6, 6.07) is 0. The molecule has 0 radical (unpaired) electrons. The number of hydrogen-bond donors (Lipinski definition) is 1. The second kappa shape index (κ2) is 6.72. The van der Waals surface area contributed by atoms with Gasteiger partial charge in [0, 0.05) is 6.54 Å². The van der Waals surface area contributed by atoms with E-state index in [9.17, 15) is 9.59 Å². The average molecular weight is 270 g/mol. The number of alkyl carbamates (subject to hydrolysis) is 1. The van der Waals surface area contributed by atoms with Crippen LogP contribution in [-0.2, 0) is 27.4 Å². The van der Waals surface area contributed by atoms with E-state index < -0.39 is 11.7 Å². The summed E-state index contributed by atoms with van der Waals surface area (Å²) in [6.07, 6.45) is 1.16. The number of carbonyl (C=O) groups is 2. The van der Waals surface area contributed by atoms with Crippen molar-refractivity contribution in [3.63, 3.8) is 0 Å². The molecule has 1 rings (SSSR count). The first-order valence-corrected chi connectivity index (χ1v) is 5.82. The first kappa shape index (κ1) is 14.9. The summed E-state index contributed by atoms with van der Waals surface area (Å²) in [5.41, 5.74) is 0.0285. The molecule has 1 aromatic heterocycles. The van der Waals surface area contributed by atoms with Gasteiger partial charge in [-0.2, -0.15) is 0 Å². The number of ether oxygens (including phenoxy) is 2. The van der Waals surface area contributed by atoms with Gasteiger partial charge in [-0.1, -0.05) is 5.21 Å². The molecule has 19 heavy (non-hydrogen) atoms. The van der Waals surface area contributed by atoms with E-state index in [2.05, 4.69) is 20.4 Å². The average Bonchev–Trinajstić information content (AvgIpc) is 2.72. The van der Waals surface area contributed by atoms with E-state index in [1.165, 1.54) is 0 Å². The van der Waals surface area contributed by atoms with Crippen molar-refractivity contribution < 1.29 is 19.1 Å². The lowest BCUT2D eigenvalue weighted by Gasteiger charge is -2.19. The van der Waals surface area contributed by atoms with Crippen molar-refractivity contribution in [1.29, 1.82) is 0 Å². The van der Waals surface area contributed by atoms with Gasteiger partial charge in [0.25, 0.3) is 6.47 Å². The van der Waals surface area contributed by atoms with E-state index in [0.717, 1.165) is 0 Å². The maximum atomic E-state index is 11.4. The highest BCUT2D eigenvalue weighted by Crippen LogP contribution is 2.06. The quantitative estimate of drug-likeness (QED) is 0.755. The normalized spacial score (nSPS) is 10.9. The van der Waals surface area contributed by atoms with Crippen molar-refractivity contribution in [2.24, 2.45) is 0 Å². The van der Waals surface area contributed by atoms with Gasteiger partial charge in [-0.15, -0.1) is 5.10 Å². The van der Waals surface area contributed by atoms with E-state index in [4.69, 9.17) is 4.74 Å². The summed E-state index contributed by atoms with van der Waals surface area (Å²) in [4.78, 5) is 21.4. The first-order chi connectivity index (χ1) is 8.90. The second-order valence-corrected chi connectivity index (χ2v) is 4.81. The van der Waals surface area contributed by atoms with Gasteiger partial charge in [-0.3, -0.25) is 9.48 Å². The molecule has 8 heteroatoms. The Bertz CT molecular complexity index is 425. The van der Waals surface area contributed by atoms with Gasteiger partial charge in [0.15, 0.2) is 0 Å². The maximum Gasteiger partial charge on any atom is 0.407 e. The molecule has 0 aromatic carbocycles. The van der Waals surface area contributed by atoms with Crippen LogP contribution in [0.1, 0.15) is 26.5 Å². The number of aromatic nitrogens is 3. The molecule has 106 valence electrons. The highest BCUT2D eigenvalue weighted by Gasteiger charge is 2.15. The molecule has 0 spiro atoms. The molecular weight excluding hydrogens is 252 g/mol. The lowest BCUT2D eigenvalue weighted by molar-refractivity contribution is -0.129. The fraction of sp³-hybridized carbons (Fsp3) is 0.636. The fourth-order valence-electron chi connectivity index (χ4n) is 1.22. The van der Waals surface area contributed by atoms with Crippen LogP contribution in [0.3, 0.4) is 0 Å². The van der Waals surface area contributed by atoms with E-state index >= 15 is 0 Å². The minimum Gasteiger partial charge on any atom is -0.461 e. The van der Waals surface area contributed by atoms with Crippen LogP contribution in [0.15, 0.2) is 6.20 Å². The van der Waals surface area contributed by atoms with Crippen LogP contribution in [0, 0.1) is 0 Å². The van der Waals surface area contributed by atoms with Gasteiger partial charge in [-0.25, -0.2) is 4.79 Å². The third-order valence-electron chi connectivity index (χ3n) is 1.89. The molecule has 0 saturated carbocycles. The van der Waals surface area contributed by atoms with Crippen LogP contribution >= 0.6 is 0 Å². The smallest absolute Gasteiger partial charge is 0.407 e. The van der Waals surface area contributed by atoms with Crippen molar-refractivity contribution in [3.05, 3.63) is 11.9 Å². The third-order valence-corrected chi connectivity index (χ3v) is 1.89. The van der Waals surface area contributed by atoms with Gasteiger partial charge in [-0.05, 0) is 20.8 Å². The zero-order valence-electron chi connectivity index (χ0n) is 11.3. The molecule has 0 atom stereocenters. The molecule has 1 N–H and O–H groups in total. The summed E-state index contributed by atoms with van der Waals surface area (Å²) in [5, 5.41) is 10.2. The van der Waals surface area contributed by atoms with Crippen molar-refractivity contribution in [2.75, 3.05) is 6.54 Å². The fourth-order valence-corrected chi connectivity index (χ4v) is 1.22. The molecule has 1 amide bonds. The van der Waals surface area contributed by atoms with E-state index in [1.807, 2.05) is 0 Å². The first-order valence-electron chi connectivity index (χ1n) is 5.82. The molecule has 0 aliphatic carbocycles. The Labute approximate surface area is 111 Å². The number of carbonyl (C=O) groups excluding carboxylic acids is 2. The highest BCUT2D eigenvalue weighted by atomic mass is 16.6. The zero-order valence-corrected chi connectivity index (χ0v) is 11.3. The van der Waals surface area contributed by atoms with Gasteiger partial charge < -0.3 is 14.8 Å². The summed E-state index contributed by atoms with van der Waals surface area (Å²) >= 11 is 0. The number of nitrogens with zero attached hydrogens (tertiary/aromatic N) is 3. The Morgan fingerprint density at radius 1 is 1.53 bits per heavy atom. The maximum absolute atomic E-state index is 11.4. The molecule has 1 heterocycles. The molecule has 0 aliphatic rings. The summed E-state index contributed by atoms with van der Waals surface area (Å²) < 4.78 is 11.2. The van der Waals surface area contributed by atoms with Gasteiger partial charge in [0.1, 0.15) is 17.9 Å². The van der Waals surface area contributed by atoms with Gasteiger partial charge >= 0.3 is 6.09 Å². The predicted molar refractivity (Wildman–Crippen MR) is 65.1 cm³/mol. The second-order valence-electron chi connectivity index (χ2n) is 4.81. The monoisotopic (exact) mass is 270 g/mol. The molecular formula is C11H18N4O4. The largest absolute Gasteiger partial charge is 0.461 e. The number of nitrogens with one attached hydrogen (secondary N) is 1. The van der Waals surface area contributed by atoms with Crippen molar-refractivity contribution in [2.45, 2.75) is 39.5 Å². The standard InChI is InChI=1S/C11H18N4O4/c1-11(2,3)19-10(17)12-4-5-15-6-9(13-14-15)7-18-8-16/h6,8H,4-5,7H2,1-3H3,(H,12,17). The molecule has 0 fully saturated rings. The van der Waals surface area contributed by atoms with Crippen LogP contribution in [0.4, 0.5) is 4.79 Å². The lowest BCUT2D eigenvalue weighted by Crippen LogP contribution is -2.34. The SMILES string of the molecule is CC(C)(C)OC(=O)NCCn1cc(COC=O)nn1. The van der Waals surface area contributed by atoms with Crippen LogP contribution in [0.5, 0.6) is 0 Å². The molecule has 0 bridgehead atoms. The highest BCUT2D eigenvalue weighted by molar-refractivity contribution is 5.67. The Morgan fingerprint density at radius 3 is 2.89 bits per heavy atom. The number of rotatable bonds is 6. The summed E-state index contributed by atoms with van der Waals surface area (Å²) in [7, 11) is 0. The van der Waals surface area contributed by atoms with E-state index in [1.54, 1.807) is 31.6 Å². The lowest BCUT2D eigenvalue weighted by atomic mass is 10.2. The zero-order chi connectivity index (χ0) is 14.3. The van der Waals surface area contributed by atoms with Crippen LogP contribution < -0.4 is 5.32 Å². The summed E-state index contributed by atoms with van der Waals surface area (Å²) in [6.45, 7) is 6.64. The molecule has 1 aromatic rings. The van der Waals surface area contributed by atoms with Gasteiger partial charge in [0.2, 0.25) is 0 Å². The summed E-state index contributed by atoms with van der Waals surface area (Å²) in [5.74, 6) is 0. The molecule has 8 nitrogen and oxygen atoms in total. The van der Waals surface area contributed by atoms with Crippen LogP contribution in [-0.4, -0.2) is 39.7 Å².